The van der Waals surface area contributed by atoms with Crippen LogP contribution in [0.25, 0.3) is 0 Å². The topological polar surface area (TPSA) is 46.5 Å². The Labute approximate surface area is 141 Å². The Morgan fingerprint density at radius 2 is 2.09 bits per heavy atom. The maximum absolute atomic E-state index is 11.2. The Morgan fingerprint density at radius 3 is 2.70 bits per heavy atom. The van der Waals surface area contributed by atoms with Gasteiger partial charge in [0, 0.05) is 12.8 Å². The quantitative estimate of drug-likeness (QED) is 0.352. The second kappa shape index (κ2) is 9.92. The first-order valence-electron chi connectivity index (χ1n) is 9.05. The number of carbonyl (C=O) groups is 1. The van der Waals surface area contributed by atoms with E-state index in [2.05, 4.69) is 26.8 Å². The van der Waals surface area contributed by atoms with Crippen LogP contribution >= 0.6 is 0 Å². The zero-order valence-corrected chi connectivity index (χ0v) is 15.3. The highest BCUT2D eigenvalue weighted by Crippen LogP contribution is 2.30. The first-order valence-corrected chi connectivity index (χ1v) is 9.05. The Kier molecular flexibility index (Phi) is 8.60. The predicted octanol–water partition coefficient (Wildman–Crippen LogP) is 4.94. The molecular weight excluding hydrogens is 288 g/mol. The summed E-state index contributed by atoms with van der Waals surface area (Å²) in [5.41, 5.74) is 0.753. The Balaban J connectivity index is 2.15. The number of esters is 1. The molecule has 2 atom stereocenters. The van der Waals surface area contributed by atoms with E-state index >= 15 is 0 Å². The number of hydrogen-bond acceptors (Lipinski definition) is 3. The molecule has 0 amide bonds. The van der Waals surface area contributed by atoms with Crippen molar-refractivity contribution in [2.75, 3.05) is 0 Å². The lowest BCUT2D eigenvalue weighted by molar-refractivity contribution is -0.153. The molecule has 1 saturated heterocycles. The molecule has 23 heavy (non-hydrogen) atoms. The lowest BCUT2D eigenvalue weighted by Gasteiger charge is -2.26. The van der Waals surface area contributed by atoms with Crippen LogP contribution in [0.4, 0.5) is 0 Å². The van der Waals surface area contributed by atoms with E-state index in [-0.39, 0.29) is 5.97 Å². The van der Waals surface area contributed by atoms with Crippen LogP contribution in [0.2, 0.25) is 0 Å². The van der Waals surface area contributed by atoms with Crippen molar-refractivity contribution < 1.29 is 14.6 Å². The average molecular weight is 322 g/mol. The van der Waals surface area contributed by atoms with Crippen LogP contribution in [0.1, 0.15) is 79.1 Å². The van der Waals surface area contributed by atoms with Crippen molar-refractivity contribution in [1.29, 1.82) is 0 Å². The highest BCUT2D eigenvalue weighted by molar-refractivity contribution is 5.72. The maximum Gasteiger partial charge on any atom is 0.306 e. The molecule has 0 spiro atoms. The number of allylic oxidation sites excluding steroid dienone is 3. The van der Waals surface area contributed by atoms with Gasteiger partial charge in [-0.3, -0.25) is 4.79 Å². The molecule has 3 nitrogen and oxygen atoms in total. The fourth-order valence-electron chi connectivity index (χ4n) is 2.78. The second-order valence-corrected chi connectivity index (χ2v) is 7.43. The number of cyclic esters (lactones) is 1. The molecule has 3 heteroatoms. The molecule has 1 rings (SSSR count). The van der Waals surface area contributed by atoms with E-state index in [0.717, 1.165) is 25.2 Å². The van der Waals surface area contributed by atoms with Gasteiger partial charge in [-0.15, -0.1) is 0 Å². The van der Waals surface area contributed by atoms with Crippen molar-refractivity contribution >= 4 is 5.97 Å². The lowest BCUT2D eigenvalue weighted by Crippen LogP contribution is -2.37. The minimum absolute atomic E-state index is 0.209. The third kappa shape index (κ3) is 7.83. The van der Waals surface area contributed by atoms with E-state index in [4.69, 9.17) is 4.74 Å². The van der Waals surface area contributed by atoms with E-state index < -0.39 is 11.7 Å². The number of ether oxygens (including phenoxy) is 1. The van der Waals surface area contributed by atoms with Crippen molar-refractivity contribution in [3.8, 4) is 0 Å². The number of rotatable bonds is 10. The summed E-state index contributed by atoms with van der Waals surface area (Å²) in [6.07, 6.45) is 13.3. The first kappa shape index (κ1) is 20.0. The zero-order chi connectivity index (χ0) is 17.3. The van der Waals surface area contributed by atoms with E-state index in [1.165, 1.54) is 24.8 Å². The van der Waals surface area contributed by atoms with Gasteiger partial charge in [0.2, 0.25) is 0 Å². The molecule has 1 N–H and O–H groups in total. The summed E-state index contributed by atoms with van der Waals surface area (Å²) in [6, 6.07) is 0. The number of carbonyl (C=O) groups excluding carboxylic acids is 1. The molecule has 0 bridgehead atoms. The fourth-order valence-corrected chi connectivity index (χ4v) is 2.78. The number of aliphatic hydroxyl groups excluding tert-OH is 1. The summed E-state index contributed by atoms with van der Waals surface area (Å²) >= 11 is 0. The normalized spacial score (nSPS) is 23.7. The standard InChI is InChI=1S/C20H34O3/c1-16(2)10-9-12-17(3)11-7-5-6-8-13-18(21)20(4)15-14-19(22)23-20/h8,12-13,16,18,21H,5-7,9-11,14-15H2,1-4H3/b13-8+,17-12+/t18-,20+/m1/s1. The van der Waals surface area contributed by atoms with E-state index in [1.807, 2.05) is 6.08 Å². The monoisotopic (exact) mass is 322 g/mol. The van der Waals surface area contributed by atoms with Gasteiger partial charge in [0.05, 0.1) is 0 Å². The van der Waals surface area contributed by atoms with Crippen LogP contribution in [0.3, 0.4) is 0 Å². The van der Waals surface area contributed by atoms with Gasteiger partial charge in [-0.1, -0.05) is 37.6 Å². The molecule has 0 unspecified atom stereocenters. The zero-order valence-electron chi connectivity index (χ0n) is 15.3. The summed E-state index contributed by atoms with van der Waals surface area (Å²) in [5, 5.41) is 10.1. The van der Waals surface area contributed by atoms with E-state index in [0.29, 0.717) is 12.8 Å². The molecule has 1 heterocycles. The van der Waals surface area contributed by atoms with E-state index in [9.17, 15) is 9.90 Å². The Bertz CT molecular complexity index is 423. The third-order valence-electron chi connectivity index (χ3n) is 4.55. The second-order valence-electron chi connectivity index (χ2n) is 7.43. The molecule has 0 saturated carbocycles. The number of unbranched alkanes of at least 4 members (excludes halogenated alkanes) is 2. The molecule has 132 valence electrons. The summed E-state index contributed by atoms with van der Waals surface area (Å²) in [6.45, 7) is 8.54. The third-order valence-corrected chi connectivity index (χ3v) is 4.55. The van der Waals surface area contributed by atoms with E-state index in [1.54, 1.807) is 13.0 Å². The molecule has 1 aliphatic rings. The average Bonchev–Trinajstić information content (AvgIpc) is 2.83. The van der Waals surface area contributed by atoms with Crippen molar-refractivity contribution in [3.05, 3.63) is 23.8 Å². The maximum atomic E-state index is 11.2. The molecule has 0 aromatic rings. The van der Waals surface area contributed by atoms with Gasteiger partial charge < -0.3 is 9.84 Å². The van der Waals surface area contributed by atoms with Crippen LogP contribution < -0.4 is 0 Å². The smallest absolute Gasteiger partial charge is 0.306 e. The number of aliphatic hydroxyl groups is 1. The van der Waals surface area contributed by atoms with Crippen LogP contribution in [0, 0.1) is 5.92 Å². The minimum atomic E-state index is -0.733. The van der Waals surface area contributed by atoms with Crippen LogP contribution in [-0.2, 0) is 9.53 Å². The van der Waals surface area contributed by atoms with Gasteiger partial charge in [-0.25, -0.2) is 0 Å². The molecule has 0 aliphatic carbocycles. The molecule has 0 aromatic carbocycles. The molecule has 0 radical (unpaired) electrons. The van der Waals surface area contributed by atoms with Crippen molar-refractivity contribution in [2.24, 2.45) is 5.92 Å². The van der Waals surface area contributed by atoms with Crippen molar-refractivity contribution in [3.63, 3.8) is 0 Å². The van der Waals surface area contributed by atoms with Gasteiger partial charge >= 0.3 is 5.97 Å². The highest BCUT2D eigenvalue weighted by atomic mass is 16.6. The Morgan fingerprint density at radius 1 is 1.35 bits per heavy atom. The van der Waals surface area contributed by atoms with Gasteiger partial charge in [0.25, 0.3) is 0 Å². The fraction of sp³-hybridized carbons (Fsp3) is 0.750. The highest BCUT2D eigenvalue weighted by Gasteiger charge is 2.40. The molecule has 1 aliphatic heterocycles. The largest absolute Gasteiger partial charge is 0.456 e. The van der Waals surface area contributed by atoms with Crippen LogP contribution in [0.5, 0.6) is 0 Å². The van der Waals surface area contributed by atoms with Gasteiger partial charge in [0.1, 0.15) is 11.7 Å². The van der Waals surface area contributed by atoms with Crippen molar-refractivity contribution in [1.82, 2.24) is 0 Å². The van der Waals surface area contributed by atoms with Crippen LogP contribution in [0.15, 0.2) is 23.8 Å². The Hall–Kier alpha value is -1.09. The molecule has 1 fully saturated rings. The summed E-state index contributed by atoms with van der Waals surface area (Å²) < 4.78 is 5.23. The summed E-state index contributed by atoms with van der Waals surface area (Å²) in [4.78, 5) is 11.2. The van der Waals surface area contributed by atoms with Crippen molar-refractivity contribution in [2.45, 2.75) is 90.8 Å². The van der Waals surface area contributed by atoms with Gasteiger partial charge in [-0.05, 0) is 58.3 Å². The van der Waals surface area contributed by atoms with Gasteiger partial charge in [-0.2, -0.15) is 0 Å². The molecule has 0 aromatic heterocycles. The molecular formula is C20H34O3. The summed E-state index contributed by atoms with van der Waals surface area (Å²) in [5.74, 6) is 0.566. The number of hydrogen-bond donors (Lipinski definition) is 1. The summed E-state index contributed by atoms with van der Waals surface area (Å²) in [7, 11) is 0. The predicted molar refractivity (Wildman–Crippen MR) is 95.2 cm³/mol. The first-order chi connectivity index (χ1) is 10.8. The SMILES string of the molecule is C/C(=C\CCC(C)C)CCCC/C=C/[C@@H](O)[C@]1(C)CCC(=O)O1. The minimum Gasteiger partial charge on any atom is -0.456 e. The van der Waals surface area contributed by atoms with Gasteiger partial charge in [0.15, 0.2) is 0 Å². The lowest BCUT2D eigenvalue weighted by atomic mass is 9.95. The van der Waals surface area contributed by atoms with Crippen LogP contribution in [-0.4, -0.2) is 22.8 Å².